The van der Waals surface area contributed by atoms with E-state index in [1.165, 1.54) is 52.6 Å². The zero-order valence-corrected chi connectivity index (χ0v) is 25.6. The number of hydrogen-bond acceptors (Lipinski definition) is 6. The zero-order chi connectivity index (χ0) is 28.4. The molecule has 2 fully saturated rings. The van der Waals surface area contributed by atoms with Crippen LogP contribution >= 0.6 is 11.3 Å². The van der Waals surface area contributed by atoms with Crippen LogP contribution in [0.5, 0.6) is 0 Å². The summed E-state index contributed by atoms with van der Waals surface area (Å²) in [6, 6.07) is 8.91. The first-order chi connectivity index (χ1) is 19.1. The number of benzene rings is 1. The molecule has 1 aromatic carbocycles. The summed E-state index contributed by atoms with van der Waals surface area (Å²) in [5, 5.41) is 11.9. The van der Waals surface area contributed by atoms with Crippen LogP contribution in [0.4, 0.5) is 0 Å². The molecule has 0 aliphatic carbocycles. The number of hydrogen-bond donors (Lipinski definition) is 3. The number of nitrogens with two attached hydrogens (primary N) is 1. The number of carbonyl (C=O) groups is 1. The Hall–Kier alpha value is -2.23. The topological polar surface area (TPSA) is 88.8 Å². The highest BCUT2D eigenvalue weighted by Crippen LogP contribution is 2.40. The van der Waals surface area contributed by atoms with Crippen LogP contribution < -0.4 is 5.73 Å². The molecule has 8 heteroatoms. The minimum Gasteiger partial charge on any atom is -0.390 e. The molecule has 2 aliphatic rings. The monoisotopic (exact) mass is 565 g/mol. The largest absolute Gasteiger partial charge is 0.390 e. The summed E-state index contributed by atoms with van der Waals surface area (Å²) >= 11 is 1.65. The van der Waals surface area contributed by atoms with Crippen molar-refractivity contribution >= 4 is 27.5 Å². The lowest BCUT2D eigenvalue weighted by atomic mass is 9.90. The van der Waals surface area contributed by atoms with Gasteiger partial charge in [0, 0.05) is 56.1 Å². The number of rotatable bonds is 10. The number of aromatic nitrogens is 1. The van der Waals surface area contributed by atoms with Gasteiger partial charge in [-0.05, 0) is 89.4 Å². The predicted octanol–water partition coefficient (Wildman–Crippen LogP) is 4.28. The number of nitrogens with one attached hydrogen (secondary N) is 1. The zero-order valence-electron chi connectivity index (χ0n) is 24.8. The van der Waals surface area contributed by atoms with E-state index in [4.69, 9.17) is 5.73 Å². The molecule has 5 rings (SSSR count). The summed E-state index contributed by atoms with van der Waals surface area (Å²) in [6.07, 6.45) is 4.52. The van der Waals surface area contributed by atoms with E-state index in [0.29, 0.717) is 0 Å². The van der Waals surface area contributed by atoms with Crippen LogP contribution in [0, 0.1) is 13.8 Å². The lowest BCUT2D eigenvalue weighted by Crippen LogP contribution is -2.50. The third-order valence-corrected chi connectivity index (χ3v) is 10.2. The molecule has 2 aromatic heterocycles. The lowest BCUT2D eigenvalue weighted by Gasteiger charge is -2.36. The standard InChI is InChI=1S/C32H47N5O2S/c1-22-16-23(2)18-24(17-22)29-26(27-19-28(40-30(27)34-29)32(3,4)31(33)39)8-11-35-12-14-37(15-13-35)21-25(38)20-36-9-6-5-7-10-36/h16-19,25,34,38H,5-15,20-21H2,1-4H3,(H2,33,39). The smallest absolute Gasteiger partial charge is 0.228 e. The molecule has 1 unspecified atom stereocenters. The molecule has 2 saturated heterocycles. The quantitative estimate of drug-likeness (QED) is 0.342. The van der Waals surface area contributed by atoms with E-state index in [9.17, 15) is 9.90 Å². The number of β-amino-alcohol motifs (C(OH)–C–C–N with tert-alkyl or cyclic N) is 1. The van der Waals surface area contributed by atoms with Crippen molar-refractivity contribution in [2.24, 2.45) is 5.73 Å². The third kappa shape index (κ3) is 6.63. The van der Waals surface area contributed by atoms with E-state index in [0.717, 1.165) is 75.0 Å². The number of aryl methyl sites for hydroxylation is 2. The van der Waals surface area contributed by atoms with Crippen LogP contribution in [0.15, 0.2) is 24.3 Å². The van der Waals surface area contributed by atoms with Gasteiger partial charge < -0.3 is 25.6 Å². The van der Waals surface area contributed by atoms with Crippen molar-refractivity contribution in [3.8, 4) is 11.3 Å². The molecule has 0 bridgehead atoms. The fraction of sp³-hybridized carbons (Fsp3) is 0.594. The molecule has 3 aromatic rings. The van der Waals surface area contributed by atoms with Gasteiger partial charge in [0.05, 0.1) is 17.2 Å². The second kappa shape index (κ2) is 12.3. The lowest BCUT2D eigenvalue weighted by molar-refractivity contribution is -0.122. The summed E-state index contributed by atoms with van der Waals surface area (Å²) in [7, 11) is 0. The van der Waals surface area contributed by atoms with Gasteiger partial charge in [-0.1, -0.05) is 23.6 Å². The molecule has 0 radical (unpaired) electrons. The van der Waals surface area contributed by atoms with Crippen molar-refractivity contribution in [1.82, 2.24) is 19.7 Å². The van der Waals surface area contributed by atoms with Crippen molar-refractivity contribution in [2.75, 3.05) is 58.9 Å². The van der Waals surface area contributed by atoms with Gasteiger partial charge in [0.15, 0.2) is 0 Å². The molecule has 218 valence electrons. The number of fused-ring (bicyclic) bond motifs is 1. The van der Waals surface area contributed by atoms with Crippen molar-refractivity contribution in [3.63, 3.8) is 0 Å². The average molecular weight is 566 g/mol. The van der Waals surface area contributed by atoms with Gasteiger partial charge in [-0.25, -0.2) is 0 Å². The van der Waals surface area contributed by atoms with Gasteiger partial charge in [-0.2, -0.15) is 0 Å². The molecular formula is C32H47N5O2S. The van der Waals surface area contributed by atoms with E-state index in [1.54, 1.807) is 11.3 Å². The number of piperazine rings is 1. The number of amides is 1. The summed E-state index contributed by atoms with van der Waals surface area (Å²) in [5.74, 6) is -0.300. The minimum atomic E-state index is -0.698. The summed E-state index contributed by atoms with van der Waals surface area (Å²) in [5.41, 5.74) is 11.3. The van der Waals surface area contributed by atoms with Crippen molar-refractivity contribution in [1.29, 1.82) is 0 Å². The van der Waals surface area contributed by atoms with Crippen LogP contribution in [0.25, 0.3) is 21.5 Å². The minimum absolute atomic E-state index is 0.268. The van der Waals surface area contributed by atoms with E-state index in [-0.39, 0.29) is 12.0 Å². The summed E-state index contributed by atoms with van der Waals surface area (Å²) < 4.78 is 0. The molecule has 1 atom stereocenters. The SMILES string of the molecule is Cc1cc(C)cc(-c2[nH]c3sc(C(C)(C)C(N)=O)cc3c2CCN2CCN(CC(O)CN3CCCCC3)CC2)c1. The first kappa shape index (κ1) is 29.3. The van der Waals surface area contributed by atoms with Crippen LogP contribution in [-0.4, -0.2) is 95.7 Å². The van der Waals surface area contributed by atoms with E-state index < -0.39 is 5.41 Å². The Kier molecular flexibility index (Phi) is 9.02. The van der Waals surface area contributed by atoms with Gasteiger partial charge in [-0.15, -0.1) is 11.3 Å². The van der Waals surface area contributed by atoms with Crippen LogP contribution in [0.3, 0.4) is 0 Å². The van der Waals surface area contributed by atoms with Gasteiger partial charge in [0.25, 0.3) is 0 Å². The van der Waals surface area contributed by atoms with Crippen molar-refractivity contribution in [3.05, 3.63) is 45.8 Å². The van der Waals surface area contributed by atoms with Crippen molar-refractivity contribution < 1.29 is 9.90 Å². The van der Waals surface area contributed by atoms with Crippen molar-refractivity contribution in [2.45, 2.75) is 64.9 Å². The Balaban J connectivity index is 1.27. The number of piperidine rings is 1. The maximum absolute atomic E-state index is 12.2. The van der Waals surface area contributed by atoms with E-state index in [1.807, 2.05) is 13.8 Å². The average Bonchev–Trinajstić information content (AvgIpc) is 3.47. The number of carbonyl (C=O) groups excluding carboxylic acids is 1. The fourth-order valence-corrected chi connectivity index (χ4v) is 7.55. The maximum atomic E-state index is 12.2. The molecular weight excluding hydrogens is 518 g/mol. The number of aliphatic hydroxyl groups is 1. The Morgan fingerprint density at radius 2 is 1.55 bits per heavy atom. The summed E-state index contributed by atoms with van der Waals surface area (Å²) in [4.78, 5) is 25.4. The molecule has 4 N–H and O–H groups in total. The van der Waals surface area contributed by atoms with Crippen LogP contribution in [-0.2, 0) is 16.6 Å². The molecule has 0 saturated carbocycles. The van der Waals surface area contributed by atoms with Gasteiger partial charge in [0.2, 0.25) is 5.91 Å². The molecule has 2 aliphatic heterocycles. The van der Waals surface area contributed by atoms with E-state index >= 15 is 0 Å². The Labute approximate surface area is 243 Å². The first-order valence-corrected chi connectivity index (χ1v) is 15.8. The Morgan fingerprint density at radius 1 is 0.950 bits per heavy atom. The first-order valence-electron chi connectivity index (χ1n) is 15.0. The molecule has 1 amide bonds. The Bertz CT molecular complexity index is 1290. The summed E-state index contributed by atoms with van der Waals surface area (Å²) in [6.45, 7) is 17.0. The molecule has 0 spiro atoms. The second-order valence-corrected chi connectivity index (χ2v) is 13.7. The highest BCUT2D eigenvalue weighted by atomic mass is 32.1. The fourth-order valence-electron chi connectivity index (χ4n) is 6.35. The number of aromatic amines is 1. The number of likely N-dealkylation sites (tertiary alicyclic amines) is 1. The number of H-pyrrole nitrogens is 1. The number of aliphatic hydroxyl groups excluding tert-OH is 1. The predicted molar refractivity (Wildman–Crippen MR) is 166 cm³/mol. The molecule has 4 heterocycles. The highest BCUT2D eigenvalue weighted by molar-refractivity contribution is 7.19. The van der Waals surface area contributed by atoms with Crippen LogP contribution in [0.2, 0.25) is 0 Å². The van der Waals surface area contributed by atoms with Gasteiger partial charge >= 0.3 is 0 Å². The normalized spacial score (nSPS) is 18.9. The second-order valence-electron chi connectivity index (χ2n) is 12.6. The Morgan fingerprint density at radius 3 is 2.17 bits per heavy atom. The molecule has 40 heavy (non-hydrogen) atoms. The maximum Gasteiger partial charge on any atom is 0.228 e. The number of nitrogens with zero attached hydrogens (tertiary/aromatic N) is 3. The van der Waals surface area contributed by atoms with E-state index in [2.05, 4.69) is 57.8 Å². The third-order valence-electron chi connectivity index (χ3n) is 8.87. The number of thiophene rings is 1. The van der Waals surface area contributed by atoms with Gasteiger partial charge in [-0.3, -0.25) is 9.69 Å². The number of primary amides is 1. The highest BCUT2D eigenvalue weighted by Gasteiger charge is 2.31. The molecule has 7 nitrogen and oxygen atoms in total. The van der Waals surface area contributed by atoms with Gasteiger partial charge in [0.1, 0.15) is 4.83 Å². The van der Waals surface area contributed by atoms with Crippen LogP contribution in [0.1, 0.15) is 54.7 Å².